The van der Waals surface area contributed by atoms with Crippen LogP contribution in [-0.4, -0.2) is 29.8 Å². The maximum Gasteiger partial charge on any atom is 0.122 e. The minimum atomic E-state index is 0.719. The topological polar surface area (TPSA) is 39.1 Å². The van der Waals surface area contributed by atoms with Crippen molar-refractivity contribution in [2.24, 2.45) is 0 Å². The monoisotopic (exact) mass is 287 g/mol. The van der Waals surface area contributed by atoms with Crippen LogP contribution in [-0.2, 0) is 17.8 Å². The number of rotatable bonds is 7. The van der Waals surface area contributed by atoms with Gasteiger partial charge in [-0.3, -0.25) is 0 Å². The third kappa shape index (κ3) is 4.16. The molecule has 1 aromatic heterocycles. The van der Waals surface area contributed by atoms with Crippen molar-refractivity contribution in [1.82, 2.24) is 14.9 Å². The van der Waals surface area contributed by atoms with Crippen LogP contribution in [0, 0.1) is 20.8 Å². The largest absolute Gasteiger partial charge is 0.383 e. The van der Waals surface area contributed by atoms with Crippen molar-refractivity contribution in [2.75, 3.05) is 20.3 Å². The van der Waals surface area contributed by atoms with Gasteiger partial charge in [0.1, 0.15) is 5.82 Å². The molecule has 0 atom stereocenters. The molecule has 0 spiro atoms. The van der Waals surface area contributed by atoms with Crippen molar-refractivity contribution in [1.29, 1.82) is 0 Å². The highest BCUT2D eigenvalue weighted by atomic mass is 16.5. The van der Waals surface area contributed by atoms with Crippen molar-refractivity contribution >= 4 is 0 Å². The van der Waals surface area contributed by atoms with E-state index in [2.05, 4.69) is 47.8 Å². The van der Waals surface area contributed by atoms with Gasteiger partial charge in [-0.25, -0.2) is 4.98 Å². The Morgan fingerprint density at radius 3 is 2.57 bits per heavy atom. The molecule has 1 N–H and O–H groups in total. The van der Waals surface area contributed by atoms with Crippen molar-refractivity contribution in [3.8, 4) is 0 Å². The molecule has 21 heavy (non-hydrogen) atoms. The molecule has 4 nitrogen and oxygen atoms in total. The molecule has 1 aromatic carbocycles. The lowest BCUT2D eigenvalue weighted by molar-refractivity contribution is 0.199. The van der Waals surface area contributed by atoms with E-state index in [4.69, 9.17) is 4.74 Å². The summed E-state index contributed by atoms with van der Waals surface area (Å²) in [6.07, 6.45) is 3.91. The molecule has 4 heteroatoms. The zero-order chi connectivity index (χ0) is 15.2. The maximum absolute atomic E-state index is 5.04. The van der Waals surface area contributed by atoms with Crippen molar-refractivity contribution in [3.05, 3.63) is 52.6 Å². The van der Waals surface area contributed by atoms with Gasteiger partial charge in [0.15, 0.2) is 0 Å². The van der Waals surface area contributed by atoms with Gasteiger partial charge in [0.2, 0.25) is 0 Å². The Hall–Kier alpha value is -1.65. The van der Waals surface area contributed by atoms with Gasteiger partial charge in [-0.05, 0) is 37.5 Å². The summed E-state index contributed by atoms with van der Waals surface area (Å²) in [5.74, 6) is 1.06. The highest BCUT2D eigenvalue weighted by Gasteiger charge is 2.08. The summed E-state index contributed by atoms with van der Waals surface area (Å²) in [6, 6.07) is 4.49. The number of aromatic nitrogens is 2. The van der Waals surface area contributed by atoms with E-state index in [-0.39, 0.29) is 0 Å². The molecule has 2 rings (SSSR count). The lowest BCUT2D eigenvalue weighted by Gasteiger charge is -2.14. The van der Waals surface area contributed by atoms with Gasteiger partial charge in [0.05, 0.1) is 13.2 Å². The van der Waals surface area contributed by atoms with Crippen LogP contribution in [0.15, 0.2) is 24.5 Å². The first-order valence-electron chi connectivity index (χ1n) is 7.38. The molecular weight excluding hydrogens is 262 g/mol. The minimum Gasteiger partial charge on any atom is -0.383 e. The molecule has 0 saturated heterocycles. The van der Waals surface area contributed by atoms with E-state index in [9.17, 15) is 0 Å². The number of hydrogen-bond acceptors (Lipinski definition) is 3. The maximum atomic E-state index is 5.04. The molecule has 0 bridgehead atoms. The third-order valence-corrected chi connectivity index (χ3v) is 3.74. The van der Waals surface area contributed by atoms with E-state index < -0.39 is 0 Å². The Labute approximate surface area is 127 Å². The SMILES string of the molecule is COCCNCc1nccn1Cc1c(C)cc(C)cc1C. The van der Waals surface area contributed by atoms with Gasteiger partial charge in [0.25, 0.3) is 0 Å². The van der Waals surface area contributed by atoms with Gasteiger partial charge in [-0.2, -0.15) is 0 Å². The van der Waals surface area contributed by atoms with Crippen LogP contribution in [0.25, 0.3) is 0 Å². The second kappa shape index (κ2) is 7.38. The summed E-state index contributed by atoms with van der Waals surface area (Å²) in [7, 11) is 1.71. The number of imidazole rings is 1. The Kier molecular flexibility index (Phi) is 5.53. The van der Waals surface area contributed by atoms with E-state index in [1.165, 1.54) is 22.3 Å². The van der Waals surface area contributed by atoms with Crippen LogP contribution in [0.5, 0.6) is 0 Å². The van der Waals surface area contributed by atoms with Crippen LogP contribution in [0.1, 0.15) is 28.1 Å². The summed E-state index contributed by atoms with van der Waals surface area (Å²) in [5.41, 5.74) is 5.40. The molecule has 0 fully saturated rings. The molecule has 2 aromatic rings. The van der Waals surface area contributed by atoms with E-state index >= 15 is 0 Å². The van der Waals surface area contributed by atoms with Crippen LogP contribution < -0.4 is 5.32 Å². The average Bonchev–Trinajstić information content (AvgIpc) is 2.86. The van der Waals surface area contributed by atoms with Gasteiger partial charge in [0, 0.05) is 32.6 Å². The van der Waals surface area contributed by atoms with Gasteiger partial charge in [-0.15, -0.1) is 0 Å². The number of benzene rings is 1. The fourth-order valence-corrected chi connectivity index (χ4v) is 2.66. The van der Waals surface area contributed by atoms with Crippen LogP contribution >= 0.6 is 0 Å². The molecule has 0 unspecified atom stereocenters. The Bertz CT molecular complexity index is 566. The number of ether oxygens (including phenoxy) is 1. The first kappa shape index (κ1) is 15.7. The number of nitrogens with one attached hydrogen (secondary N) is 1. The fraction of sp³-hybridized carbons (Fsp3) is 0.471. The van der Waals surface area contributed by atoms with Crippen LogP contribution in [0.3, 0.4) is 0 Å². The summed E-state index contributed by atoms with van der Waals surface area (Å²) < 4.78 is 7.25. The minimum absolute atomic E-state index is 0.719. The standard InChI is InChI=1S/C17H25N3O/c1-13-9-14(2)16(15(3)10-13)12-20-7-5-19-17(20)11-18-6-8-21-4/h5,7,9-10,18H,6,8,11-12H2,1-4H3. The molecule has 0 aliphatic rings. The molecule has 0 aliphatic carbocycles. The molecular formula is C17H25N3O. The quantitative estimate of drug-likeness (QED) is 0.796. The van der Waals surface area contributed by atoms with Gasteiger partial charge in [-0.1, -0.05) is 17.7 Å². The summed E-state index contributed by atoms with van der Waals surface area (Å²) in [5, 5.41) is 3.34. The average molecular weight is 287 g/mol. The second-order valence-electron chi connectivity index (χ2n) is 5.52. The zero-order valence-corrected chi connectivity index (χ0v) is 13.4. The fourth-order valence-electron chi connectivity index (χ4n) is 2.66. The predicted molar refractivity (Wildman–Crippen MR) is 85.6 cm³/mol. The Balaban J connectivity index is 2.09. The lowest BCUT2D eigenvalue weighted by Crippen LogP contribution is -2.21. The molecule has 0 amide bonds. The summed E-state index contributed by atoms with van der Waals surface area (Å²) in [6.45, 7) is 9.71. The highest BCUT2D eigenvalue weighted by Crippen LogP contribution is 2.18. The number of nitrogens with zero attached hydrogens (tertiary/aromatic N) is 2. The summed E-state index contributed by atoms with van der Waals surface area (Å²) in [4.78, 5) is 4.45. The zero-order valence-electron chi connectivity index (χ0n) is 13.4. The van der Waals surface area contributed by atoms with Crippen molar-refractivity contribution < 1.29 is 4.74 Å². The molecule has 1 heterocycles. The van der Waals surface area contributed by atoms with E-state index in [1.54, 1.807) is 7.11 Å². The van der Waals surface area contributed by atoms with Gasteiger partial charge >= 0.3 is 0 Å². The van der Waals surface area contributed by atoms with Crippen molar-refractivity contribution in [2.45, 2.75) is 33.9 Å². The van der Waals surface area contributed by atoms with Crippen LogP contribution in [0.4, 0.5) is 0 Å². The predicted octanol–water partition coefficient (Wildman–Crippen LogP) is 2.59. The Morgan fingerprint density at radius 2 is 1.90 bits per heavy atom. The smallest absolute Gasteiger partial charge is 0.122 e. The summed E-state index contributed by atoms with van der Waals surface area (Å²) >= 11 is 0. The lowest BCUT2D eigenvalue weighted by atomic mass is 10.00. The normalized spacial score (nSPS) is 11.0. The van der Waals surface area contributed by atoms with Gasteiger partial charge < -0.3 is 14.6 Å². The second-order valence-corrected chi connectivity index (χ2v) is 5.52. The van der Waals surface area contributed by atoms with Crippen LogP contribution in [0.2, 0.25) is 0 Å². The first-order valence-corrected chi connectivity index (χ1v) is 7.38. The Morgan fingerprint density at radius 1 is 1.19 bits per heavy atom. The van der Waals surface area contributed by atoms with E-state index in [0.717, 1.165) is 32.1 Å². The highest BCUT2D eigenvalue weighted by molar-refractivity contribution is 5.37. The molecule has 0 saturated carbocycles. The molecule has 0 aliphatic heterocycles. The molecule has 0 radical (unpaired) electrons. The molecule has 114 valence electrons. The number of methoxy groups -OCH3 is 1. The first-order chi connectivity index (χ1) is 10.1. The van der Waals surface area contributed by atoms with E-state index in [1.807, 2.05) is 12.4 Å². The third-order valence-electron chi connectivity index (χ3n) is 3.74. The van der Waals surface area contributed by atoms with Crippen molar-refractivity contribution in [3.63, 3.8) is 0 Å². The number of hydrogen-bond donors (Lipinski definition) is 1. The number of aryl methyl sites for hydroxylation is 3. The van der Waals surface area contributed by atoms with E-state index in [0.29, 0.717) is 0 Å².